The lowest BCUT2D eigenvalue weighted by molar-refractivity contribution is -0.274. The lowest BCUT2D eigenvalue weighted by Gasteiger charge is -2.32. The summed E-state index contributed by atoms with van der Waals surface area (Å²) in [5.41, 5.74) is 2.29. The van der Waals surface area contributed by atoms with Crippen molar-refractivity contribution in [3.8, 4) is 17.0 Å². The van der Waals surface area contributed by atoms with Crippen LogP contribution in [0.15, 0.2) is 60.7 Å². The quantitative estimate of drug-likeness (QED) is 0.572. The van der Waals surface area contributed by atoms with Crippen molar-refractivity contribution in [3.63, 3.8) is 0 Å². The summed E-state index contributed by atoms with van der Waals surface area (Å²) in [7, 11) is 2.09. The van der Waals surface area contributed by atoms with Crippen molar-refractivity contribution in [2.24, 2.45) is 0 Å². The first-order valence-corrected chi connectivity index (χ1v) is 10.6. The van der Waals surface area contributed by atoms with Crippen LogP contribution < -0.4 is 20.3 Å². The molecule has 4 rings (SSSR count). The van der Waals surface area contributed by atoms with Crippen molar-refractivity contribution in [3.05, 3.63) is 60.7 Å². The van der Waals surface area contributed by atoms with Gasteiger partial charge in [0, 0.05) is 43.1 Å². The second-order valence-corrected chi connectivity index (χ2v) is 7.80. The second kappa shape index (κ2) is 9.96. The van der Waals surface area contributed by atoms with Crippen molar-refractivity contribution >= 4 is 23.2 Å². The molecule has 11 heteroatoms. The van der Waals surface area contributed by atoms with Gasteiger partial charge in [0.05, 0.1) is 5.69 Å². The Labute approximate surface area is 194 Å². The van der Waals surface area contributed by atoms with Gasteiger partial charge in [-0.3, -0.25) is 0 Å². The first-order valence-electron chi connectivity index (χ1n) is 10.6. The molecule has 8 nitrogen and oxygen atoms in total. The number of nitrogens with one attached hydrogen (secondary N) is 2. The Hall–Kier alpha value is -3.86. The maximum absolute atomic E-state index is 12.3. The average Bonchev–Trinajstić information content (AvgIpc) is 2.80. The first-order chi connectivity index (χ1) is 16.2. The number of alkyl halides is 3. The molecule has 0 aliphatic carbocycles. The largest absolute Gasteiger partial charge is 0.573 e. The summed E-state index contributed by atoms with van der Waals surface area (Å²) < 4.78 is 40.6. The predicted octanol–water partition coefficient (Wildman–Crippen LogP) is 4.44. The molecule has 0 unspecified atom stereocenters. The van der Waals surface area contributed by atoms with Gasteiger partial charge >= 0.3 is 12.4 Å². The average molecular weight is 472 g/mol. The molecule has 2 amide bonds. The predicted molar refractivity (Wildman–Crippen MR) is 123 cm³/mol. The maximum atomic E-state index is 12.3. The topological polar surface area (TPSA) is 82.6 Å². The third-order valence-electron chi connectivity index (χ3n) is 5.24. The Morgan fingerprint density at radius 1 is 0.912 bits per heavy atom. The number of ether oxygens (including phenoxy) is 1. The van der Waals surface area contributed by atoms with Crippen LogP contribution >= 0.6 is 0 Å². The van der Waals surface area contributed by atoms with E-state index in [1.54, 1.807) is 18.2 Å². The van der Waals surface area contributed by atoms with Crippen molar-refractivity contribution in [2.45, 2.75) is 6.36 Å². The van der Waals surface area contributed by atoms with Crippen molar-refractivity contribution in [1.82, 2.24) is 15.1 Å². The Balaban J connectivity index is 1.36. The van der Waals surface area contributed by atoms with E-state index in [1.165, 1.54) is 12.1 Å². The van der Waals surface area contributed by atoms with Gasteiger partial charge in [-0.2, -0.15) is 0 Å². The number of aromatic nitrogens is 2. The molecule has 2 aromatic carbocycles. The van der Waals surface area contributed by atoms with Crippen LogP contribution in [-0.2, 0) is 0 Å². The summed E-state index contributed by atoms with van der Waals surface area (Å²) in [6, 6.07) is 15.3. The van der Waals surface area contributed by atoms with E-state index < -0.39 is 12.4 Å². The molecule has 1 saturated heterocycles. The van der Waals surface area contributed by atoms with Crippen LogP contribution in [0.1, 0.15) is 0 Å². The maximum Gasteiger partial charge on any atom is 0.573 e. The summed E-state index contributed by atoms with van der Waals surface area (Å²) in [5, 5.41) is 14.0. The van der Waals surface area contributed by atoms with Crippen LogP contribution in [0.2, 0.25) is 0 Å². The minimum absolute atomic E-state index is 0.313. The van der Waals surface area contributed by atoms with Gasteiger partial charge in [-0.15, -0.1) is 23.4 Å². The highest BCUT2D eigenvalue weighted by atomic mass is 19.4. The lowest BCUT2D eigenvalue weighted by Crippen LogP contribution is -2.44. The van der Waals surface area contributed by atoms with E-state index in [9.17, 15) is 18.0 Å². The Kier molecular flexibility index (Phi) is 6.82. The van der Waals surface area contributed by atoms with Gasteiger partial charge in [-0.1, -0.05) is 12.1 Å². The SMILES string of the molecule is CN1CCN(c2ccc(-c3cccc(NC(=O)Nc4ccc(OC(F)(F)F)cc4)c3)nn2)CC1. The summed E-state index contributed by atoms with van der Waals surface area (Å²) in [6.45, 7) is 3.75. The number of anilines is 3. The van der Waals surface area contributed by atoms with Crippen molar-refractivity contribution in [1.29, 1.82) is 0 Å². The molecule has 2 heterocycles. The van der Waals surface area contributed by atoms with E-state index in [0.29, 0.717) is 17.1 Å². The van der Waals surface area contributed by atoms with Crippen molar-refractivity contribution in [2.75, 3.05) is 48.8 Å². The summed E-state index contributed by atoms with van der Waals surface area (Å²) >= 11 is 0. The second-order valence-electron chi connectivity index (χ2n) is 7.80. The highest BCUT2D eigenvalue weighted by Gasteiger charge is 2.31. The van der Waals surface area contributed by atoms with Crippen LogP contribution in [-0.4, -0.2) is 60.7 Å². The molecule has 3 aromatic rings. The molecule has 2 N–H and O–H groups in total. The number of likely N-dealkylation sites (N-methyl/N-ethyl adjacent to an activating group) is 1. The van der Waals surface area contributed by atoms with Gasteiger partial charge in [0.1, 0.15) is 5.75 Å². The fourth-order valence-electron chi connectivity index (χ4n) is 3.47. The zero-order chi connectivity index (χ0) is 24.1. The highest BCUT2D eigenvalue weighted by molar-refractivity contribution is 6.00. The van der Waals surface area contributed by atoms with Gasteiger partial charge in [0.2, 0.25) is 0 Å². The number of benzene rings is 2. The van der Waals surface area contributed by atoms with Crippen LogP contribution in [0, 0.1) is 0 Å². The third-order valence-corrected chi connectivity index (χ3v) is 5.24. The van der Waals surface area contributed by atoms with Gasteiger partial charge < -0.3 is 25.2 Å². The molecule has 34 heavy (non-hydrogen) atoms. The highest BCUT2D eigenvalue weighted by Crippen LogP contribution is 2.25. The van der Waals surface area contributed by atoms with Crippen LogP contribution in [0.5, 0.6) is 5.75 Å². The van der Waals surface area contributed by atoms with Crippen LogP contribution in [0.4, 0.5) is 35.2 Å². The Morgan fingerprint density at radius 3 is 2.26 bits per heavy atom. The number of amides is 2. The molecule has 0 bridgehead atoms. The van der Waals surface area contributed by atoms with E-state index >= 15 is 0 Å². The molecule has 0 radical (unpaired) electrons. The molecule has 0 atom stereocenters. The molecule has 178 valence electrons. The van der Waals surface area contributed by atoms with Gasteiger partial charge in [-0.05, 0) is 55.6 Å². The first kappa shape index (κ1) is 23.3. The molecule has 1 aromatic heterocycles. The summed E-state index contributed by atoms with van der Waals surface area (Å²) in [5.74, 6) is 0.461. The number of nitrogens with zero attached hydrogens (tertiary/aromatic N) is 4. The van der Waals surface area contributed by atoms with Gasteiger partial charge in [-0.25, -0.2) is 4.79 Å². The molecule has 1 fully saturated rings. The normalized spacial score (nSPS) is 14.5. The van der Waals surface area contributed by atoms with Gasteiger partial charge in [0.15, 0.2) is 5.82 Å². The number of rotatable bonds is 5. The molecule has 0 saturated carbocycles. The zero-order valence-electron chi connectivity index (χ0n) is 18.3. The number of carbonyl (C=O) groups is 1. The number of hydrogen-bond acceptors (Lipinski definition) is 6. The van der Waals surface area contributed by atoms with E-state index in [2.05, 4.69) is 42.4 Å². The number of urea groups is 1. The molecular weight excluding hydrogens is 449 g/mol. The zero-order valence-corrected chi connectivity index (χ0v) is 18.3. The smallest absolute Gasteiger partial charge is 0.406 e. The van der Waals surface area contributed by atoms with E-state index in [1.807, 2.05) is 18.2 Å². The number of carbonyl (C=O) groups excluding carboxylic acids is 1. The fraction of sp³-hybridized carbons (Fsp3) is 0.261. The Bertz CT molecular complexity index is 1110. The molecule has 0 spiro atoms. The van der Waals surface area contributed by atoms with Crippen molar-refractivity contribution < 1.29 is 22.7 Å². The van der Waals surface area contributed by atoms with Crippen LogP contribution in [0.25, 0.3) is 11.3 Å². The van der Waals surface area contributed by atoms with E-state index in [-0.39, 0.29) is 5.75 Å². The monoisotopic (exact) mass is 472 g/mol. The summed E-state index contributed by atoms with van der Waals surface area (Å²) in [6.07, 6.45) is -4.77. The number of halogens is 3. The van der Waals surface area contributed by atoms with Gasteiger partial charge in [0.25, 0.3) is 0 Å². The molecule has 1 aliphatic heterocycles. The summed E-state index contributed by atoms with van der Waals surface area (Å²) in [4.78, 5) is 16.8. The van der Waals surface area contributed by atoms with E-state index in [4.69, 9.17) is 0 Å². The third kappa shape index (κ3) is 6.35. The number of piperazine rings is 1. The Morgan fingerprint density at radius 2 is 1.62 bits per heavy atom. The van der Waals surface area contributed by atoms with E-state index in [0.717, 1.165) is 49.7 Å². The molecule has 1 aliphatic rings. The minimum atomic E-state index is -4.77. The van der Waals surface area contributed by atoms with Crippen LogP contribution in [0.3, 0.4) is 0 Å². The fourth-order valence-corrected chi connectivity index (χ4v) is 3.47. The minimum Gasteiger partial charge on any atom is -0.406 e. The molecular formula is C23H23F3N6O2. The lowest BCUT2D eigenvalue weighted by atomic mass is 10.1. The number of hydrogen-bond donors (Lipinski definition) is 2. The standard InChI is InChI=1S/C23H23F3N6O2/c1-31-11-13-32(14-12-31)21-10-9-20(29-30-21)16-3-2-4-18(15-16)28-22(33)27-17-5-7-19(8-6-17)34-23(24,25)26/h2-10,15H,11-14H2,1H3,(H2,27,28,33).